The lowest BCUT2D eigenvalue weighted by molar-refractivity contribution is 0.0473. The van der Waals surface area contributed by atoms with Crippen LogP contribution < -0.4 is 4.74 Å². The average molecular weight is 387 g/mol. The molecule has 1 N–H and O–H groups in total. The fourth-order valence-corrected chi connectivity index (χ4v) is 3.07. The third-order valence-corrected chi connectivity index (χ3v) is 4.38. The molecule has 1 heterocycles. The van der Waals surface area contributed by atoms with Crippen LogP contribution in [0, 0.1) is 13.8 Å². The smallest absolute Gasteiger partial charge is 0.338 e. The van der Waals surface area contributed by atoms with Crippen LogP contribution in [0.4, 0.5) is 0 Å². The van der Waals surface area contributed by atoms with Crippen molar-refractivity contribution >= 4 is 17.5 Å². The first kappa shape index (κ1) is 21.4. The number of hydrogen-bond donors (Lipinski definition) is 1. The normalized spacial score (nSPS) is 10.6. The fraction of sp³-hybridized carbons (Fsp3) is 0.381. The van der Waals surface area contributed by atoms with Crippen molar-refractivity contribution in [1.29, 1.82) is 0 Å². The third kappa shape index (κ3) is 4.67. The maximum atomic E-state index is 12.4. The molecule has 2 rings (SSSR count). The topological polar surface area (TPSA) is 94.7 Å². The quantitative estimate of drug-likeness (QED) is 0.523. The van der Waals surface area contributed by atoms with E-state index in [1.807, 2.05) is 6.92 Å². The monoisotopic (exact) mass is 387 g/mol. The largest absolute Gasteiger partial charge is 0.496 e. The fourth-order valence-electron chi connectivity index (χ4n) is 3.07. The summed E-state index contributed by atoms with van der Waals surface area (Å²) < 4.78 is 15.8. The van der Waals surface area contributed by atoms with Gasteiger partial charge in [0.05, 0.1) is 25.0 Å². The molecule has 28 heavy (non-hydrogen) atoms. The summed E-state index contributed by atoms with van der Waals surface area (Å²) in [7, 11) is 1.54. The van der Waals surface area contributed by atoms with Crippen LogP contribution in [-0.4, -0.2) is 42.8 Å². The Labute approximate surface area is 164 Å². The molecular formula is C21H25NO6. The highest BCUT2D eigenvalue weighted by atomic mass is 16.5. The Hall–Kier alpha value is -2.93. The number of esters is 1. The van der Waals surface area contributed by atoms with E-state index in [1.165, 1.54) is 14.0 Å². The minimum atomic E-state index is -0.624. The summed E-state index contributed by atoms with van der Waals surface area (Å²) >= 11 is 0. The van der Waals surface area contributed by atoms with E-state index in [0.717, 1.165) is 0 Å². The van der Waals surface area contributed by atoms with Crippen molar-refractivity contribution in [1.82, 2.24) is 4.98 Å². The molecule has 0 bridgehead atoms. The number of H-pyrrole nitrogens is 1. The lowest BCUT2D eigenvalue weighted by Gasteiger charge is -2.10. The van der Waals surface area contributed by atoms with Crippen molar-refractivity contribution in [2.24, 2.45) is 0 Å². The van der Waals surface area contributed by atoms with Gasteiger partial charge in [0, 0.05) is 23.4 Å². The molecule has 0 aliphatic rings. The number of carbonyl (C=O) groups is 3. The molecule has 0 spiro atoms. The van der Waals surface area contributed by atoms with E-state index in [2.05, 4.69) is 4.98 Å². The van der Waals surface area contributed by atoms with Gasteiger partial charge in [0.25, 0.3) is 0 Å². The van der Waals surface area contributed by atoms with Gasteiger partial charge in [-0.3, -0.25) is 9.59 Å². The highest BCUT2D eigenvalue weighted by molar-refractivity contribution is 6.04. The number of methoxy groups -OCH3 is 1. The minimum absolute atomic E-state index is 0.123. The van der Waals surface area contributed by atoms with Crippen molar-refractivity contribution in [2.75, 3.05) is 20.3 Å². The zero-order chi connectivity index (χ0) is 20.8. The van der Waals surface area contributed by atoms with Crippen LogP contribution in [0.15, 0.2) is 18.2 Å². The Morgan fingerprint density at radius 3 is 2.43 bits per heavy atom. The molecule has 0 radical (unpaired) electrons. The molecule has 0 saturated heterocycles. The van der Waals surface area contributed by atoms with E-state index in [9.17, 15) is 14.4 Å². The number of benzene rings is 1. The Kier molecular flexibility index (Phi) is 7.12. The molecule has 2 aromatic rings. The van der Waals surface area contributed by atoms with Gasteiger partial charge in [-0.15, -0.1) is 0 Å². The van der Waals surface area contributed by atoms with Gasteiger partial charge in [0.1, 0.15) is 5.75 Å². The van der Waals surface area contributed by atoms with Gasteiger partial charge in [0.15, 0.2) is 12.4 Å². The minimum Gasteiger partial charge on any atom is -0.496 e. The highest BCUT2D eigenvalue weighted by Gasteiger charge is 2.21. The molecule has 0 saturated carbocycles. The van der Waals surface area contributed by atoms with Gasteiger partial charge in [-0.05, 0) is 51.5 Å². The van der Waals surface area contributed by atoms with Gasteiger partial charge in [0.2, 0.25) is 5.78 Å². The van der Waals surface area contributed by atoms with Gasteiger partial charge < -0.3 is 19.2 Å². The lowest BCUT2D eigenvalue weighted by Crippen LogP contribution is -2.16. The van der Waals surface area contributed by atoms with E-state index >= 15 is 0 Å². The molecule has 7 nitrogen and oxygen atoms in total. The summed E-state index contributed by atoms with van der Waals surface area (Å²) in [6.07, 6.45) is 0. The molecule has 0 amide bonds. The van der Waals surface area contributed by atoms with Gasteiger partial charge in [-0.25, -0.2) is 4.79 Å². The molecule has 0 atom stereocenters. The van der Waals surface area contributed by atoms with Crippen molar-refractivity contribution in [3.8, 4) is 5.75 Å². The van der Waals surface area contributed by atoms with Gasteiger partial charge in [-0.1, -0.05) is 0 Å². The predicted molar refractivity (Wildman–Crippen MR) is 103 cm³/mol. The standard InChI is InChI=1S/C21H25NO6/c1-6-27-10-16-9-15(7-8-18(16)26-5)21(25)28-11-17(24)20-12(2)19(14(4)23)13(3)22-20/h7-9,22H,6,10-11H2,1-5H3. The first-order chi connectivity index (χ1) is 13.3. The number of aromatic nitrogens is 1. The first-order valence-corrected chi connectivity index (χ1v) is 8.95. The predicted octanol–water partition coefficient (Wildman–Crippen LogP) is 3.42. The highest BCUT2D eigenvalue weighted by Crippen LogP contribution is 2.22. The number of aryl methyl sites for hydroxylation is 1. The van der Waals surface area contributed by atoms with E-state index in [4.69, 9.17) is 14.2 Å². The average Bonchev–Trinajstić information content (AvgIpc) is 2.98. The van der Waals surface area contributed by atoms with Crippen LogP contribution in [0.25, 0.3) is 0 Å². The van der Waals surface area contributed by atoms with E-state index in [1.54, 1.807) is 32.0 Å². The molecule has 0 aliphatic heterocycles. The molecule has 150 valence electrons. The molecule has 0 fully saturated rings. The number of nitrogens with one attached hydrogen (secondary N) is 1. The molecule has 7 heteroatoms. The maximum absolute atomic E-state index is 12.4. The summed E-state index contributed by atoms with van der Waals surface area (Å²) in [5, 5.41) is 0. The summed E-state index contributed by atoms with van der Waals surface area (Å²) in [4.78, 5) is 39.4. The molecule has 0 unspecified atom stereocenters. The second-order valence-corrected chi connectivity index (χ2v) is 6.34. The Morgan fingerprint density at radius 1 is 1.14 bits per heavy atom. The molecule has 1 aromatic carbocycles. The second kappa shape index (κ2) is 9.32. The SMILES string of the molecule is CCOCc1cc(C(=O)OCC(=O)c2[nH]c(C)c(C(C)=O)c2C)ccc1OC. The molecule has 0 aliphatic carbocycles. The van der Waals surface area contributed by atoms with Crippen molar-refractivity contribution < 1.29 is 28.6 Å². The zero-order valence-electron chi connectivity index (χ0n) is 16.8. The Bertz CT molecular complexity index is 897. The van der Waals surface area contributed by atoms with E-state index in [0.29, 0.717) is 46.9 Å². The van der Waals surface area contributed by atoms with Crippen LogP contribution in [0.2, 0.25) is 0 Å². The van der Waals surface area contributed by atoms with E-state index < -0.39 is 18.4 Å². The van der Waals surface area contributed by atoms with E-state index in [-0.39, 0.29) is 11.5 Å². The number of rotatable bonds is 9. The van der Waals surface area contributed by atoms with Crippen molar-refractivity contribution in [3.05, 3.63) is 51.8 Å². The summed E-state index contributed by atoms with van der Waals surface area (Å²) in [5.41, 5.74) is 2.97. The number of Topliss-reactive ketones (excluding diaryl/α,β-unsaturated/α-hetero) is 2. The number of ether oxygens (including phenoxy) is 3. The van der Waals surface area contributed by atoms with Crippen LogP contribution in [-0.2, 0) is 16.1 Å². The number of hydrogen-bond acceptors (Lipinski definition) is 6. The van der Waals surface area contributed by atoms with Crippen LogP contribution in [0.3, 0.4) is 0 Å². The number of carbonyl (C=O) groups excluding carboxylic acids is 3. The zero-order valence-corrected chi connectivity index (χ0v) is 16.8. The van der Waals surface area contributed by atoms with Crippen LogP contribution in [0.1, 0.15) is 61.9 Å². The lowest BCUT2D eigenvalue weighted by atomic mass is 10.1. The second-order valence-electron chi connectivity index (χ2n) is 6.34. The Balaban J connectivity index is 2.11. The molecular weight excluding hydrogens is 362 g/mol. The Morgan fingerprint density at radius 2 is 1.86 bits per heavy atom. The summed E-state index contributed by atoms with van der Waals surface area (Å²) in [6.45, 7) is 7.14. The maximum Gasteiger partial charge on any atom is 0.338 e. The van der Waals surface area contributed by atoms with Crippen LogP contribution in [0.5, 0.6) is 5.75 Å². The van der Waals surface area contributed by atoms with Gasteiger partial charge in [-0.2, -0.15) is 0 Å². The summed E-state index contributed by atoms with van der Waals surface area (Å²) in [6, 6.07) is 4.85. The van der Waals surface area contributed by atoms with Crippen molar-refractivity contribution in [2.45, 2.75) is 34.3 Å². The molecule has 1 aromatic heterocycles. The third-order valence-electron chi connectivity index (χ3n) is 4.38. The number of aromatic amines is 1. The summed E-state index contributed by atoms with van der Waals surface area (Å²) in [5.74, 6) is -0.538. The van der Waals surface area contributed by atoms with Crippen LogP contribution >= 0.6 is 0 Å². The number of ketones is 2. The van der Waals surface area contributed by atoms with Crippen molar-refractivity contribution in [3.63, 3.8) is 0 Å². The first-order valence-electron chi connectivity index (χ1n) is 8.95. The van der Waals surface area contributed by atoms with Gasteiger partial charge >= 0.3 is 5.97 Å².